The molecule has 2 rings (SSSR count). The molecule has 2 atom stereocenters. The van der Waals surface area contributed by atoms with Crippen LogP contribution in [0.3, 0.4) is 0 Å². The summed E-state index contributed by atoms with van der Waals surface area (Å²) >= 11 is 0. The van der Waals surface area contributed by atoms with Gasteiger partial charge >= 0.3 is 5.97 Å². The zero-order chi connectivity index (χ0) is 15.4. The minimum atomic E-state index is -0.836. The van der Waals surface area contributed by atoms with Gasteiger partial charge in [-0.05, 0) is 32.3 Å². The highest BCUT2D eigenvalue weighted by Crippen LogP contribution is 2.33. The Morgan fingerprint density at radius 3 is 2.62 bits per heavy atom. The number of benzene rings is 1. The Morgan fingerprint density at radius 1 is 1.29 bits per heavy atom. The minimum Gasteiger partial charge on any atom is -0.481 e. The van der Waals surface area contributed by atoms with Gasteiger partial charge in [-0.15, -0.1) is 0 Å². The SMILES string of the molecule is CCN(Cc1cccc(C)c1)C(=O)C1CCCC1C(=O)O. The van der Waals surface area contributed by atoms with Crippen LogP contribution < -0.4 is 0 Å². The lowest BCUT2D eigenvalue weighted by molar-refractivity contribution is -0.149. The predicted octanol–water partition coefficient (Wildman–Crippen LogP) is 2.84. The van der Waals surface area contributed by atoms with Gasteiger partial charge in [0, 0.05) is 13.1 Å². The molecule has 1 aliphatic carbocycles. The van der Waals surface area contributed by atoms with Crippen LogP contribution in [-0.2, 0) is 16.1 Å². The van der Waals surface area contributed by atoms with Crippen LogP contribution in [0.1, 0.15) is 37.3 Å². The fourth-order valence-electron chi connectivity index (χ4n) is 3.16. The molecule has 4 heteroatoms. The van der Waals surface area contributed by atoms with Crippen molar-refractivity contribution >= 4 is 11.9 Å². The third-order valence-corrected chi connectivity index (χ3v) is 4.30. The van der Waals surface area contributed by atoms with E-state index in [0.717, 1.165) is 12.0 Å². The highest BCUT2D eigenvalue weighted by molar-refractivity contribution is 5.85. The molecule has 0 aromatic heterocycles. The molecular weight excluding hydrogens is 266 g/mol. The van der Waals surface area contributed by atoms with Crippen LogP contribution in [0.5, 0.6) is 0 Å². The molecule has 1 aromatic rings. The Labute approximate surface area is 125 Å². The van der Waals surface area contributed by atoms with Gasteiger partial charge in [0.25, 0.3) is 0 Å². The van der Waals surface area contributed by atoms with Crippen molar-refractivity contribution in [1.29, 1.82) is 0 Å². The Balaban J connectivity index is 2.10. The zero-order valence-electron chi connectivity index (χ0n) is 12.7. The molecule has 1 amide bonds. The molecule has 0 radical (unpaired) electrons. The number of aliphatic carboxylic acids is 1. The number of aryl methyl sites for hydroxylation is 1. The quantitative estimate of drug-likeness (QED) is 0.906. The fourth-order valence-corrected chi connectivity index (χ4v) is 3.16. The Morgan fingerprint density at radius 2 is 2.00 bits per heavy atom. The molecule has 1 fully saturated rings. The molecule has 0 bridgehead atoms. The highest BCUT2D eigenvalue weighted by Gasteiger charge is 2.39. The van der Waals surface area contributed by atoms with Gasteiger partial charge < -0.3 is 10.0 Å². The first-order chi connectivity index (χ1) is 10.0. The first kappa shape index (κ1) is 15.5. The van der Waals surface area contributed by atoms with E-state index in [9.17, 15) is 14.7 Å². The van der Waals surface area contributed by atoms with Crippen LogP contribution in [-0.4, -0.2) is 28.4 Å². The molecule has 1 N–H and O–H groups in total. The maximum absolute atomic E-state index is 12.6. The summed E-state index contributed by atoms with van der Waals surface area (Å²) in [6, 6.07) is 8.09. The summed E-state index contributed by atoms with van der Waals surface area (Å²) in [5.41, 5.74) is 2.26. The van der Waals surface area contributed by atoms with Gasteiger partial charge in [0.05, 0.1) is 11.8 Å². The number of carbonyl (C=O) groups is 2. The molecule has 21 heavy (non-hydrogen) atoms. The van der Waals surface area contributed by atoms with Gasteiger partial charge in [0.2, 0.25) is 5.91 Å². The van der Waals surface area contributed by atoms with Crippen molar-refractivity contribution in [2.24, 2.45) is 11.8 Å². The molecule has 1 saturated carbocycles. The second-order valence-corrected chi connectivity index (χ2v) is 5.82. The van der Waals surface area contributed by atoms with E-state index in [4.69, 9.17) is 0 Å². The van der Waals surface area contributed by atoms with Crippen LogP contribution in [0.4, 0.5) is 0 Å². The fraction of sp³-hybridized carbons (Fsp3) is 0.529. The van der Waals surface area contributed by atoms with Crippen molar-refractivity contribution in [1.82, 2.24) is 4.90 Å². The smallest absolute Gasteiger partial charge is 0.307 e. The summed E-state index contributed by atoms with van der Waals surface area (Å²) in [6.07, 6.45) is 2.14. The third kappa shape index (κ3) is 3.63. The first-order valence-corrected chi connectivity index (χ1v) is 7.60. The average molecular weight is 289 g/mol. The molecule has 1 aliphatic rings. The number of nitrogens with zero attached hydrogens (tertiary/aromatic N) is 1. The Bertz CT molecular complexity index is 527. The largest absolute Gasteiger partial charge is 0.481 e. The van der Waals surface area contributed by atoms with Crippen molar-refractivity contribution in [3.05, 3.63) is 35.4 Å². The van der Waals surface area contributed by atoms with Gasteiger partial charge in [-0.1, -0.05) is 36.2 Å². The van der Waals surface area contributed by atoms with Crippen LogP contribution in [0.25, 0.3) is 0 Å². The van der Waals surface area contributed by atoms with Crippen LogP contribution in [0.15, 0.2) is 24.3 Å². The summed E-state index contributed by atoms with van der Waals surface area (Å²) in [7, 11) is 0. The molecular formula is C17H23NO3. The highest BCUT2D eigenvalue weighted by atomic mass is 16.4. The minimum absolute atomic E-state index is 0.0103. The molecule has 0 saturated heterocycles. The summed E-state index contributed by atoms with van der Waals surface area (Å²) in [6.45, 7) is 5.13. The van der Waals surface area contributed by atoms with E-state index >= 15 is 0 Å². The van der Waals surface area contributed by atoms with Crippen molar-refractivity contribution in [3.8, 4) is 0 Å². The lowest BCUT2D eigenvalue weighted by Crippen LogP contribution is -2.38. The van der Waals surface area contributed by atoms with E-state index in [-0.39, 0.29) is 11.8 Å². The van der Waals surface area contributed by atoms with Gasteiger partial charge in [-0.3, -0.25) is 9.59 Å². The maximum Gasteiger partial charge on any atom is 0.307 e. The summed E-state index contributed by atoms with van der Waals surface area (Å²) in [5.74, 6) is -1.71. The molecule has 114 valence electrons. The van der Waals surface area contributed by atoms with E-state index in [1.54, 1.807) is 4.90 Å². The van der Waals surface area contributed by atoms with E-state index < -0.39 is 11.9 Å². The lowest BCUT2D eigenvalue weighted by atomic mass is 9.94. The third-order valence-electron chi connectivity index (χ3n) is 4.30. The molecule has 0 aliphatic heterocycles. The van der Waals surface area contributed by atoms with Crippen molar-refractivity contribution in [2.45, 2.75) is 39.7 Å². The molecule has 1 aromatic carbocycles. The predicted molar refractivity (Wildman–Crippen MR) is 80.7 cm³/mol. The lowest BCUT2D eigenvalue weighted by Gasteiger charge is -2.26. The van der Waals surface area contributed by atoms with E-state index in [1.807, 2.05) is 32.0 Å². The number of amides is 1. The molecule has 0 spiro atoms. The summed E-state index contributed by atoms with van der Waals surface area (Å²) in [5, 5.41) is 9.24. The van der Waals surface area contributed by atoms with Crippen LogP contribution >= 0.6 is 0 Å². The number of carbonyl (C=O) groups excluding carboxylic acids is 1. The number of hydrogen-bond acceptors (Lipinski definition) is 2. The van der Waals surface area contributed by atoms with Gasteiger partial charge in [-0.2, -0.15) is 0 Å². The standard InChI is InChI=1S/C17H23NO3/c1-3-18(11-13-7-4-6-12(2)10-13)16(19)14-8-5-9-15(14)17(20)21/h4,6-7,10,14-15H,3,5,8-9,11H2,1-2H3,(H,20,21). The van der Waals surface area contributed by atoms with Gasteiger partial charge in [-0.25, -0.2) is 0 Å². The second kappa shape index (κ2) is 6.74. The van der Waals surface area contributed by atoms with Gasteiger partial charge in [0.1, 0.15) is 0 Å². The number of carboxylic acid groups (broad SMARTS) is 1. The maximum atomic E-state index is 12.6. The van der Waals surface area contributed by atoms with E-state index in [0.29, 0.717) is 25.9 Å². The van der Waals surface area contributed by atoms with Crippen LogP contribution in [0, 0.1) is 18.8 Å². The monoisotopic (exact) mass is 289 g/mol. The van der Waals surface area contributed by atoms with Gasteiger partial charge in [0.15, 0.2) is 0 Å². The van der Waals surface area contributed by atoms with E-state index in [1.165, 1.54) is 5.56 Å². The summed E-state index contributed by atoms with van der Waals surface area (Å²) < 4.78 is 0. The molecule has 2 unspecified atom stereocenters. The first-order valence-electron chi connectivity index (χ1n) is 7.60. The number of carboxylic acids is 1. The Hall–Kier alpha value is -1.84. The molecule has 0 heterocycles. The number of rotatable bonds is 5. The topological polar surface area (TPSA) is 57.6 Å². The normalized spacial score (nSPS) is 21.2. The van der Waals surface area contributed by atoms with Crippen molar-refractivity contribution in [2.75, 3.05) is 6.54 Å². The average Bonchev–Trinajstić information content (AvgIpc) is 2.93. The van der Waals surface area contributed by atoms with E-state index in [2.05, 4.69) is 6.07 Å². The second-order valence-electron chi connectivity index (χ2n) is 5.82. The Kier molecular flexibility index (Phi) is 4.99. The zero-order valence-corrected chi connectivity index (χ0v) is 12.7. The molecule has 4 nitrogen and oxygen atoms in total. The number of hydrogen-bond donors (Lipinski definition) is 1. The van der Waals surface area contributed by atoms with Crippen molar-refractivity contribution in [3.63, 3.8) is 0 Å². The van der Waals surface area contributed by atoms with Crippen molar-refractivity contribution < 1.29 is 14.7 Å². The van der Waals surface area contributed by atoms with Crippen LogP contribution in [0.2, 0.25) is 0 Å². The summed E-state index contributed by atoms with van der Waals surface area (Å²) in [4.78, 5) is 25.7.